The normalized spacial score (nSPS) is 41.1. The second kappa shape index (κ2) is 4.78. The van der Waals surface area contributed by atoms with Crippen molar-refractivity contribution in [3.8, 4) is 0 Å². The van der Waals surface area contributed by atoms with Crippen molar-refractivity contribution >= 4 is 11.9 Å². The van der Waals surface area contributed by atoms with Crippen molar-refractivity contribution in [2.24, 2.45) is 0 Å². The third-order valence-electron chi connectivity index (χ3n) is 3.00. The molecule has 102 valence electrons. The summed E-state index contributed by atoms with van der Waals surface area (Å²) in [5.41, 5.74) is 0. The predicted octanol–water partition coefficient (Wildman–Crippen LogP) is -3.31. The van der Waals surface area contributed by atoms with E-state index in [0.29, 0.717) is 0 Å². The molecule has 2 rings (SSSR count). The van der Waals surface area contributed by atoms with E-state index in [-0.39, 0.29) is 6.42 Å². The SMILES string of the molecule is O=C1NC(=O)N([C@H]2C[C@H](O)[C@@H](CO)O2)[C@@H](O)[C@H]1O. The highest BCUT2D eigenvalue weighted by Crippen LogP contribution is 2.26. The van der Waals surface area contributed by atoms with Gasteiger partial charge in [-0.05, 0) is 0 Å². The van der Waals surface area contributed by atoms with E-state index in [1.807, 2.05) is 5.32 Å². The quantitative estimate of drug-likeness (QED) is 0.351. The second-order valence-corrected chi connectivity index (χ2v) is 4.17. The van der Waals surface area contributed by atoms with E-state index in [0.717, 1.165) is 4.90 Å². The van der Waals surface area contributed by atoms with Crippen LogP contribution in [-0.2, 0) is 9.53 Å². The lowest BCUT2D eigenvalue weighted by atomic mass is 10.1. The molecular formula is C9H14N2O7. The summed E-state index contributed by atoms with van der Waals surface area (Å²) in [5, 5.41) is 39.3. The highest BCUT2D eigenvalue weighted by molar-refractivity contribution is 5.99. The Bertz CT molecular complexity index is 363. The van der Waals surface area contributed by atoms with Gasteiger partial charge in [0.25, 0.3) is 5.91 Å². The number of imide groups is 1. The van der Waals surface area contributed by atoms with Gasteiger partial charge in [0.05, 0.1) is 12.7 Å². The van der Waals surface area contributed by atoms with Gasteiger partial charge < -0.3 is 25.2 Å². The fourth-order valence-corrected chi connectivity index (χ4v) is 2.00. The largest absolute Gasteiger partial charge is 0.394 e. The lowest BCUT2D eigenvalue weighted by Crippen LogP contribution is -2.65. The molecule has 0 bridgehead atoms. The Morgan fingerprint density at radius 3 is 2.56 bits per heavy atom. The van der Waals surface area contributed by atoms with Crippen molar-refractivity contribution in [3.63, 3.8) is 0 Å². The second-order valence-electron chi connectivity index (χ2n) is 4.17. The molecule has 2 aliphatic rings. The fourth-order valence-electron chi connectivity index (χ4n) is 2.00. The minimum absolute atomic E-state index is 0.0311. The number of urea groups is 1. The molecular weight excluding hydrogens is 248 g/mol. The van der Waals surface area contributed by atoms with Crippen LogP contribution in [0.25, 0.3) is 0 Å². The molecule has 0 aromatic carbocycles. The Balaban J connectivity index is 2.13. The molecule has 0 unspecified atom stereocenters. The van der Waals surface area contributed by atoms with Gasteiger partial charge in [-0.3, -0.25) is 15.0 Å². The number of hydrogen-bond donors (Lipinski definition) is 5. The van der Waals surface area contributed by atoms with E-state index in [1.54, 1.807) is 0 Å². The average Bonchev–Trinajstić information content (AvgIpc) is 2.67. The lowest BCUT2D eigenvalue weighted by molar-refractivity contribution is -0.167. The number of nitrogens with zero attached hydrogens (tertiary/aromatic N) is 1. The van der Waals surface area contributed by atoms with Gasteiger partial charge in [0, 0.05) is 6.42 Å². The van der Waals surface area contributed by atoms with Crippen molar-refractivity contribution in [3.05, 3.63) is 0 Å². The number of amides is 3. The van der Waals surface area contributed by atoms with Crippen molar-refractivity contribution in [1.29, 1.82) is 0 Å². The molecule has 9 heteroatoms. The third-order valence-corrected chi connectivity index (χ3v) is 3.00. The maximum atomic E-state index is 11.5. The van der Waals surface area contributed by atoms with Crippen LogP contribution < -0.4 is 5.32 Å². The molecule has 5 atom stereocenters. The first kappa shape index (κ1) is 13.2. The first-order valence-corrected chi connectivity index (χ1v) is 5.39. The Morgan fingerprint density at radius 2 is 2.00 bits per heavy atom. The zero-order valence-electron chi connectivity index (χ0n) is 9.26. The number of aliphatic hydroxyl groups is 4. The molecule has 2 heterocycles. The van der Waals surface area contributed by atoms with E-state index in [1.165, 1.54) is 0 Å². The van der Waals surface area contributed by atoms with E-state index >= 15 is 0 Å². The Morgan fingerprint density at radius 1 is 1.33 bits per heavy atom. The maximum absolute atomic E-state index is 11.5. The van der Waals surface area contributed by atoms with Gasteiger partial charge in [0.15, 0.2) is 12.3 Å². The monoisotopic (exact) mass is 262 g/mol. The smallest absolute Gasteiger partial charge is 0.328 e. The summed E-state index contributed by atoms with van der Waals surface area (Å²) in [7, 11) is 0. The lowest BCUT2D eigenvalue weighted by Gasteiger charge is -2.37. The average molecular weight is 262 g/mol. The molecule has 0 radical (unpaired) electrons. The molecule has 0 aliphatic carbocycles. The summed E-state index contributed by atoms with van der Waals surface area (Å²) in [4.78, 5) is 23.3. The van der Waals surface area contributed by atoms with Crippen LogP contribution in [0.15, 0.2) is 0 Å². The molecule has 0 saturated carbocycles. The van der Waals surface area contributed by atoms with Gasteiger partial charge in [-0.2, -0.15) is 0 Å². The fraction of sp³-hybridized carbons (Fsp3) is 0.778. The molecule has 2 saturated heterocycles. The Hall–Kier alpha value is -1.26. The number of nitrogens with one attached hydrogen (secondary N) is 1. The van der Waals surface area contributed by atoms with E-state index in [4.69, 9.17) is 9.84 Å². The van der Waals surface area contributed by atoms with Crippen LogP contribution in [0.1, 0.15) is 6.42 Å². The zero-order valence-corrected chi connectivity index (χ0v) is 9.26. The zero-order chi connectivity index (χ0) is 13.4. The summed E-state index contributed by atoms with van der Waals surface area (Å²) in [6.45, 7) is -0.440. The molecule has 2 fully saturated rings. The number of ether oxygens (including phenoxy) is 1. The summed E-state index contributed by atoms with van der Waals surface area (Å²) in [5.74, 6) is -0.999. The minimum atomic E-state index is -1.78. The molecule has 0 aromatic rings. The summed E-state index contributed by atoms with van der Waals surface area (Å²) >= 11 is 0. The van der Waals surface area contributed by atoms with Gasteiger partial charge in [0.1, 0.15) is 12.3 Å². The van der Waals surface area contributed by atoms with Crippen LogP contribution in [0.5, 0.6) is 0 Å². The first-order valence-electron chi connectivity index (χ1n) is 5.39. The first-order chi connectivity index (χ1) is 8.45. The Kier molecular flexibility index (Phi) is 3.50. The van der Waals surface area contributed by atoms with Crippen LogP contribution >= 0.6 is 0 Å². The molecule has 18 heavy (non-hydrogen) atoms. The Labute approximate surface area is 102 Å². The third kappa shape index (κ3) is 2.06. The van der Waals surface area contributed by atoms with Gasteiger partial charge in [0.2, 0.25) is 0 Å². The molecule has 5 N–H and O–H groups in total. The van der Waals surface area contributed by atoms with Crippen LogP contribution in [-0.4, -0.2) is 74.6 Å². The van der Waals surface area contributed by atoms with Gasteiger partial charge >= 0.3 is 6.03 Å². The standard InChI is InChI=1S/C9H14N2O7/c12-2-4-3(13)1-5(18-4)11-8(16)6(14)7(15)10-9(11)17/h3-6,8,12-14,16H,1-2H2,(H,10,15,17)/t3-,4+,5+,6-,8-/m0/s1. The highest BCUT2D eigenvalue weighted by atomic mass is 16.6. The molecule has 0 aromatic heterocycles. The predicted molar refractivity (Wildman–Crippen MR) is 53.8 cm³/mol. The van der Waals surface area contributed by atoms with Gasteiger partial charge in [-0.15, -0.1) is 0 Å². The van der Waals surface area contributed by atoms with Crippen LogP contribution in [0, 0.1) is 0 Å². The van der Waals surface area contributed by atoms with Crippen molar-refractivity contribution in [1.82, 2.24) is 10.2 Å². The summed E-state index contributed by atoms with van der Waals surface area (Å²) in [6, 6.07) is -0.923. The van der Waals surface area contributed by atoms with Crippen LogP contribution in [0.4, 0.5) is 4.79 Å². The van der Waals surface area contributed by atoms with E-state index in [2.05, 4.69) is 0 Å². The summed E-state index contributed by atoms with van der Waals surface area (Å²) in [6.07, 6.45) is -6.44. The van der Waals surface area contributed by atoms with Gasteiger partial charge in [-0.25, -0.2) is 4.79 Å². The van der Waals surface area contributed by atoms with Crippen molar-refractivity contribution < 1.29 is 34.8 Å². The molecule has 0 spiro atoms. The van der Waals surface area contributed by atoms with Crippen LogP contribution in [0.2, 0.25) is 0 Å². The highest BCUT2D eigenvalue weighted by Gasteiger charge is 2.47. The number of carbonyl (C=O) groups is 2. The van der Waals surface area contributed by atoms with Crippen molar-refractivity contribution in [2.75, 3.05) is 6.61 Å². The number of hydrogen-bond acceptors (Lipinski definition) is 7. The molecule has 3 amide bonds. The number of carbonyl (C=O) groups excluding carboxylic acids is 2. The molecule has 2 aliphatic heterocycles. The van der Waals surface area contributed by atoms with Crippen LogP contribution in [0.3, 0.4) is 0 Å². The summed E-state index contributed by atoms with van der Waals surface area (Å²) < 4.78 is 5.17. The van der Waals surface area contributed by atoms with Gasteiger partial charge in [-0.1, -0.05) is 0 Å². The number of rotatable bonds is 2. The van der Waals surface area contributed by atoms with E-state index < -0.39 is 49.3 Å². The van der Waals surface area contributed by atoms with E-state index in [9.17, 15) is 24.9 Å². The van der Waals surface area contributed by atoms with Crippen molar-refractivity contribution in [2.45, 2.75) is 37.2 Å². The molecule has 9 nitrogen and oxygen atoms in total. The topological polar surface area (TPSA) is 140 Å². The number of aliphatic hydroxyl groups excluding tert-OH is 4. The minimum Gasteiger partial charge on any atom is -0.394 e. The maximum Gasteiger partial charge on any atom is 0.328 e.